The van der Waals surface area contributed by atoms with Gasteiger partial charge in [0, 0.05) is 0 Å². The topological polar surface area (TPSA) is 168 Å². The predicted molar refractivity (Wildman–Crippen MR) is 96.9 cm³/mol. The second-order valence-corrected chi connectivity index (χ2v) is 6.39. The molecule has 0 spiro atoms. The van der Waals surface area contributed by atoms with E-state index in [0.29, 0.717) is 23.6 Å². The zero-order valence-corrected chi connectivity index (χ0v) is 15.2. The average Bonchev–Trinajstić information content (AvgIpc) is 3.44. The minimum Gasteiger partial charge on any atom is -0.467 e. The molecule has 29 heavy (non-hydrogen) atoms. The van der Waals surface area contributed by atoms with E-state index in [2.05, 4.69) is 20.3 Å². The lowest BCUT2D eigenvalue weighted by Crippen LogP contribution is -2.33. The number of hydrogen-bond donors (Lipinski definition) is 5. The van der Waals surface area contributed by atoms with Gasteiger partial charge in [0.1, 0.15) is 37.0 Å². The molecular weight excluding hydrogens is 386 g/mol. The molecule has 1 aliphatic heterocycles. The van der Waals surface area contributed by atoms with E-state index < -0.39 is 31.1 Å². The highest BCUT2D eigenvalue weighted by Gasteiger charge is 2.45. The number of ether oxygens (including phenoxy) is 2. The van der Waals surface area contributed by atoms with Crippen LogP contribution in [-0.4, -0.2) is 78.1 Å². The summed E-state index contributed by atoms with van der Waals surface area (Å²) < 4.78 is 17.8. The van der Waals surface area contributed by atoms with Crippen LogP contribution >= 0.6 is 0 Å². The second kappa shape index (κ2) is 8.31. The number of fused-ring (bicyclic) bond motifs is 1. The summed E-state index contributed by atoms with van der Waals surface area (Å²) in [4.78, 5) is 12.8. The van der Waals surface area contributed by atoms with Crippen molar-refractivity contribution in [1.29, 1.82) is 0 Å². The van der Waals surface area contributed by atoms with Crippen LogP contribution in [-0.2, 0) is 11.3 Å². The van der Waals surface area contributed by atoms with Crippen molar-refractivity contribution in [3.8, 4) is 6.01 Å². The van der Waals surface area contributed by atoms with Gasteiger partial charge >= 0.3 is 6.01 Å². The van der Waals surface area contributed by atoms with Crippen molar-refractivity contribution in [3.05, 3.63) is 30.5 Å². The van der Waals surface area contributed by atoms with Gasteiger partial charge in [-0.15, -0.1) is 0 Å². The summed E-state index contributed by atoms with van der Waals surface area (Å²) in [6, 6.07) is 3.59. The Hall–Kier alpha value is -2.77. The van der Waals surface area contributed by atoms with E-state index in [1.54, 1.807) is 18.4 Å². The predicted octanol–water partition coefficient (Wildman–Crippen LogP) is -0.986. The Labute approximate surface area is 164 Å². The summed E-state index contributed by atoms with van der Waals surface area (Å²) in [5, 5.41) is 42.1. The molecule has 1 aliphatic rings. The first-order valence-corrected chi connectivity index (χ1v) is 8.99. The van der Waals surface area contributed by atoms with Crippen molar-refractivity contribution in [3.63, 3.8) is 0 Å². The summed E-state index contributed by atoms with van der Waals surface area (Å²) in [5.74, 6) is 1.09. The standard InChI is InChI=1S/C17H21N5O7/c23-3-5-28-17-21-11-14(18-6-9-2-1-4-27-9)19-8-20-15(11)22(17)16-13(26)12(25)10(7-24)29-16/h1-2,4,8,10,12-13,16,23-26H,3,5-7H2,(H,18,19,20)/t10-,12-,13-,16-/m1/s1. The number of imidazole rings is 1. The number of hydrogen-bond acceptors (Lipinski definition) is 11. The molecular formula is C17H21N5O7. The normalized spacial score (nSPS) is 24.3. The minimum atomic E-state index is -1.35. The third kappa shape index (κ3) is 3.63. The number of aromatic nitrogens is 4. The van der Waals surface area contributed by atoms with Gasteiger partial charge in [0.15, 0.2) is 23.2 Å². The lowest BCUT2D eigenvalue weighted by atomic mass is 10.1. The number of nitrogens with one attached hydrogen (secondary N) is 1. The molecule has 0 aliphatic carbocycles. The zero-order chi connectivity index (χ0) is 20.4. The van der Waals surface area contributed by atoms with Crippen LogP contribution < -0.4 is 10.1 Å². The molecule has 0 saturated carbocycles. The first kappa shape index (κ1) is 19.5. The van der Waals surface area contributed by atoms with E-state index in [4.69, 9.17) is 19.0 Å². The van der Waals surface area contributed by atoms with Crippen LogP contribution in [0.25, 0.3) is 11.2 Å². The van der Waals surface area contributed by atoms with E-state index in [9.17, 15) is 15.3 Å². The molecule has 0 amide bonds. The average molecular weight is 407 g/mol. The van der Waals surface area contributed by atoms with Crippen LogP contribution in [0.1, 0.15) is 12.0 Å². The van der Waals surface area contributed by atoms with Crippen LogP contribution in [0.4, 0.5) is 5.82 Å². The van der Waals surface area contributed by atoms with Crippen molar-refractivity contribution in [2.24, 2.45) is 0 Å². The fraction of sp³-hybridized carbons (Fsp3) is 0.471. The summed E-state index contributed by atoms with van der Waals surface area (Å²) in [7, 11) is 0. The molecule has 5 N–H and O–H groups in total. The molecule has 0 unspecified atom stereocenters. The largest absolute Gasteiger partial charge is 0.467 e. The Kier molecular flexibility index (Phi) is 5.60. The monoisotopic (exact) mass is 407 g/mol. The Morgan fingerprint density at radius 1 is 1.21 bits per heavy atom. The van der Waals surface area contributed by atoms with Gasteiger partial charge < -0.3 is 39.6 Å². The number of anilines is 1. The number of furan rings is 1. The van der Waals surface area contributed by atoms with Crippen LogP contribution in [0.5, 0.6) is 6.01 Å². The van der Waals surface area contributed by atoms with E-state index in [1.165, 1.54) is 10.9 Å². The van der Waals surface area contributed by atoms with Crippen molar-refractivity contribution in [1.82, 2.24) is 19.5 Å². The number of aliphatic hydroxyl groups excluding tert-OH is 4. The first-order valence-electron chi connectivity index (χ1n) is 8.99. The van der Waals surface area contributed by atoms with Gasteiger partial charge in [-0.25, -0.2) is 14.5 Å². The van der Waals surface area contributed by atoms with E-state index in [-0.39, 0.29) is 24.9 Å². The highest BCUT2D eigenvalue weighted by molar-refractivity contribution is 5.84. The molecule has 12 heteroatoms. The molecule has 4 rings (SSSR count). The van der Waals surface area contributed by atoms with Crippen LogP contribution in [0.3, 0.4) is 0 Å². The van der Waals surface area contributed by atoms with E-state index in [1.807, 2.05) is 0 Å². The maximum atomic E-state index is 10.4. The number of rotatable bonds is 8. The van der Waals surface area contributed by atoms with Crippen LogP contribution in [0.15, 0.2) is 29.1 Å². The molecule has 0 aromatic carbocycles. The van der Waals surface area contributed by atoms with E-state index in [0.717, 1.165) is 0 Å². The first-order chi connectivity index (χ1) is 14.1. The Morgan fingerprint density at radius 3 is 2.76 bits per heavy atom. The Bertz CT molecular complexity index is 947. The molecule has 1 fully saturated rings. The molecule has 156 valence electrons. The molecule has 0 radical (unpaired) electrons. The number of aliphatic hydroxyl groups is 4. The van der Waals surface area contributed by atoms with Gasteiger partial charge in [-0.1, -0.05) is 0 Å². The lowest BCUT2D eigenvalue weighted by molar-refractivity contribution is -0.0545. The zero-order valence-electron chi connectivity index (χ0n) is 15.2. The Morgan fingerprint density at radius 2 is 2.07 bits per heavy atom. The Balaban J connectivity index is 1.73. The van der Waals surface area contributed by atoms with Gasteiger partial charge in [-0.05, 0) is 12.1 Å². The summed E-state index contributed by atoms with van der Waals surface area (Å²) in [6.07, 6.45) is -1.86. The van der Waals surface area contributed by atoms with E-state index >= 15 is 0 Å². The molecule has 0 bridgehead atoms. The molecule has 3 aromatic rings. The summed E-state index contributed by atoms with van der Waals surface area (Å²) in [5.41, 5.74) is 0.620. The third-order valence-electron chi connectivity index (χ3n) is 4.55. The SMILES string of the molecule is OCCOc1nc2c(NCc3ccco3)ncnc2n1[C@@H]1O[C@H](CO)[C@@H](O)[C@H]1O. The van der Waals surface area contributed by atoms with Gasteiger partial charge in [-0.2, -0.15) is 4.98 Å². The molecule has 4 heterocycles. The van der Waals surface area contributed by atoms with Crippen LogP contribution in [0, 0.1) is 0 Å². The maximum absolute atomic E-state index is 10.4. The maximum Gasteiger partial charge on any atom is 0.301 e. The van der Waals surface area contributed by atoms with Gasteiger partial charge in [0.05, 0.1) is 26.0 Å². The van der Waals surface area contributed by atoms with Gasteiger partial charge in [-0.3, -0.25) is 0 Å². The minimum absolute atomic E-state index is 0.0189. The summed E-state index contributed by atoms with van der Waals surface area (Å²) >= 11 is 0. The fourth-order valence-electron chi connectivity index (χ4n) is 3.16. The quantitative estimate of drug-likeness (QED) is 0.311. The van der Waals surface area contributed by atoms with Crippen molar-refractivity contribution < 1.29 is 34.3 Å². The van der Waals surface area contributed by atoms with Crippen molar-refractivity contribution in [2.75, 3.05) is 25.1 Å². The lowest BCUT2D eigenvalue weighted by Gasteiger charge is -2.18. The smallest absolute Gasteiger partial charge is 0.301 e. The highest BCUT2D eigenvalue weighted by Crippen LogP contribution is 2.36. The van der Waals surface area contributed by atoms with Crippen molar-refractivity contribution >= 4 is 17.0 Å². The number of nitrogens with zero attached hydrogens (tertiary/aromatic N) is 4. The second-order valence-electron chi connectivity index (χ2n) is 6.39. The molecule has 1 saturated heterocycles. The molecule has 4 atom stereocenters. The third-order valence-corrected chi connectivity index (χ3v) is 4.55. The summed E-state index contributed by atoms with van der Waals surface area (Å²) in [6.45, 7) is -0.430. The van der Waals surface area contributed by atoms with Gasteiger partial charge in [0.25, 0.3) is 0 Å². The molecule has 3 aromatic heterocycles. The molecule has 12 nitrogen and oxygen atoms in total. The fourth-order valence-corrected chi connectivity index (χ4v) is 3.16. The van der Waals surface area contributed by atoms with Gasteiger partial charge in [0.2, 0.25) is 0 Å². The van der Waals surface area contributed by atoms with Crippen LogP contribution in [0.2, 0.25) is 0 Å². The highest BCUT2D eigenvalue weighted by atomic mass is 16.6. The van der Waals surface area contributed by atoms with Crippen molar-refractivity contribution in [2.45, 2.75) is 31.1 Å².